The molecule has 0 aliphatic carbocycles. The molecule has 2 aromatic rings. The van der Waals surface area contributed by atoms with Crippen LogP contribution in [0, 0.1) is 0 Å². The topological polar surface area (TPSA) is 29.9 Å². The van der Waals surface area contributed by atoms with Crippen molar-refractivity contribution < 1.29 is 0 Å². The van der Waals surface area contributed by atoms with E-state index in [2.05, 4.69) is 35.6 Å². The van der Waals surface area contributed by atoms with Gasteiger partial charge in [0.1, 0.15) is 5.82 Å². The highest BCUT2D eigenvalue weighted by atomic mass is 35.5. The van der Waals surface area contributed by atoms with E-state index in [4.69, 9.17) is 11.6 Å². The van der Waals surface area contributed by atoms with Crippen molar-refractivity contribution in [1.29, 1.82) is 0 Å². The summed E-state index contributed by atoms with van der Waals surface area (Å²) in [5, 5.41) is 4.18. The van der Waals surface area contributed by atoms with Gasteiger partial charge in [-0.15, -0.1) is 0 Å². The van der Waals surface area contributed by atoms with E-state index in [9.17, 15) is 0 Å². The lowest BCUT2D eigenvalue weighted by atomic mass is 10.1. The van der Waals surface area contributed by atoms with E-state index in [1.807, 2.05) is 25.2 Å². The van der Waals surface area contributed by atoms with Gasteiger partial charge in [0.05, 0.1) is 17.6 Å². The fourth-order valence-electron chi connectivity index (χ4n) is 1.72. The van der Waals surface area contributed by atoms with Gasteiger partial charge in [0, 0.05) is 17.6 Å². The number of nitrogens with zero attached hydrogens (tertiary/aromatic N) is 2. The Morgan fingerprint density at radius 1 is 1.35 bits per heavy atom. The zero-order chi connectivity index (χ0) is 12.6. The molecule has 1 heterocycles. The van der Waals surface area contributed by atoms with Crippen molar-refractivity contribution in [2.24, 2.45) is 7.05 Å². The number of aryl methyl sites for hydroxylation is 1. The maximum atomic E-state index is 5.99. The molecule has 92 valence electrons. The summed E-state index contributed by atoms with van der Waals surface area (Å²) >= 11 is 5.99. The first-order valence-corrected chi connectivity index (χ1v) is 6.10. The van der Waals surface area contributed by atoms with Gasteiger partial charge in [-0.2, -0.15) is 0 Å². The van der Waals surface area contributed by atoms with Crippen LogP contribution in [0.1, 0.15) is 26.6 Å². The molecule has 0 aliphatic rings. The summed E-state index contributed by atoms with van der Waals surface area (Å²) < 4.78 is 2.08. The molecule has 0 radical (unpaired) electrons. The van der Waals surface area contributed by atoms with Gasteiger partial charge in [-0.1, -0.05) is 11.6 Å². The summed E-state index contributed by atoms with van der Waals surface area (Å²) in [5.74, 6) is 1.03. The minimum absolute atomic E-state index is 0.0930. The zero-order valence-electron chi connectivity index (χ0n) is 10.7. The van der Waals surface area contributed by atoms with Gasteiger partial charge in [-0.3, -0.25) is 0 Å². The summed E-state index contributed by atoms with van der Waals surface area (Å²) in [6.45, 7) is 7.19. The normalized spacial score (nSPS) is 12.3. The summed E-state index contributed by atoms with van der Waals surface area (Å²) in [7, 11) is 2.02. The van der Waals surface area contributed by atoms with Crippen molar-refractivity contribution in [3.05, 3.63) is 29.0 Å². The molecular weight excluding hydrogens is 234 g/mol. The molecule has 0 saturated carbocycles. The average molecular weight is 252 g/mol. The van der Waals surface area contributed by atoms with Crippen molar-refractivity contribution >= 4 is 22.6 Å². The maximum Gasteiger partial charge on any atom is 0.123 e. The Labute approximate surface area is 107 Å². The highest BCUT2D eigenvalue weighted by molar-refractivity contribution is 6.31. The SMILES string of the molecule is Cn1c(CNC(C)(C)C)nc2ccc(Cl)cc21. The summed E-state index contributed by atoms with van der Waals surface area (Å²) in [6.07, 6.45) is 0. The van der Waals surface area contributed by atoms with Crippen LogP contribution in [-0.2, 0) is 13.6 Å². The van der Waals surface area contributed by atoms with Gasteiger partial charge in [0.15, 0.2) is 0 Å². The van der Waals surface area contributed by atoms with Gasteiger partial charge >= 0.3 is 0 Å². The Morgan fingerprint density at radius 3 is 2.71 bits per heavy atom. The number of aromatic nitrogens is 2. The second-order valence-electron chi connectivity index (χ2n) is 5.32. The van der Waals surface area contributed by atoms with E-state index in [0.717, 1.165) is 28.4 Å². The van der Waals surface area contributed by atoms with Crippen LogP contribution in [0.25, 0.3) is 11.0 Å². The highest BCUT2D eigenvalue weighted by Gasteiger charge is 2.12. The minimum Gasteiger partial charge on any atom is -0.330 e. The average Bonchev–Trinajstić information content (AvgIpc) is 2.52. The Bertz CT molecular complexity index is 537. The second-order valence-corrected chi connectivity index (χ2v) is 5.76. The maximum absolute atomic E-state index is 5.99. The van der Waals surface area contributed by atoms with Crippen molar-refractivity contribution in [2.75, 3.05) is 0 Å². The first-order chi connectivity index (χ1) is 7.87. The van der Waals surface area contributed by atoms with E-state index in [-0.39, 0.29) is 5.54 Å². The number of nitrogens with one attached hydrogen (secondary N) is 1. The van der Waals surface area contributed by atoms with Crippen molar-refractivity contribution in [3.8, 4) is 0 Å². The molecule has 4 heteroatoms. The van der Waals surface area contributed by atoms with E-state index in [0.29, 0.717) is 0 Å². The molecule has 0 fully saturated rings. The predicted octanol–water partition coefficient (Wildman–Crippen LogP) is 3.11. The number of benzene rings is 1. The van der Waals surface area contributed by atoms with Crippen LogP contribution >= 0.6 is 11.6 Å². The van der Waals surface area contributed by atoms with Crippen LogP contribution in [0.15, 0.2) is 18.2 Å². The van der Waals surface area contributed by atoms with Gasteiger partial charge in [-0.25, -0.2) is 4.98 Å². The second kappa shape index (κ2) is 4.31. The third-order valence-electron chi connectivity index (χ3n) is 2.71. The van der Waals surface area contributed by atoms with Gasteiger partial charge in [0.2, 0.25) is 0 Å². The van der Waals surface area contributed by atoms with Gasteiger partial charge in [0.25, 0.3) is 0 Å². The van der Waals surface area contributed by atoms with Crippen molar-refractivity contribution in [2.45, 2.75) is 32.9 Å². The molecule has 0 unspecified atom stereocenters. The lowest BCUT2D eigenvalue weighted by molar-refractivity contribution is 0.415. The lowest BCUT2D eigenvalue weighted by Crippen LogP contribution is -2.35. The Balaban J connectivity index is 2.33. The van der Waals surface area contributed by atoms with Crippen LogP contribution in [0.2, 0.25) is 5.02 Å². The quantitative estimate of drug-likeness (QED) is 0.889. The monoisotopic (exact) mass is 251 g/mol. The molecular formula is C13H18ClN3. The van der Waals surface area contributed by atoms with Crippen molar-refractivity contribution in [3.63, 3.8) is 0 Å². The molecule has 0 amide bonds. The zero-order valence-corrected chi connectivity index (χ0v) is 11.5. The number of hydrogen-bond acceptors (Lipinski definition) is 2. The van der Waals surface area contributed by atoms with E-state index in [1.54, 1.807) is 0 Å². The fraction of sp³-hybridized carbons (Fsp3) is 0.462. The molecule has 3 nitrogen and oxygen atoms in total. The number of imidazole rings is 1. The van der Waals surface area contributed by atoms with E-state index in [1.165, 1.54) is 0 Å². The molecule has 1 aromatic heterocycles. The van der Waals surface area contributed by atoms with Crippen LogP contribution in [0.5, 0.6) is 0 Å². The molecule has 1 N–H and O–H groups in total. The van der Waals surface area contributed by atoms with Crippen LogP contribution < -0.4 is 5.32 Å². The highest BCUT2D eigenvalue weighted by Crippen LogP contribution is 2.19. The van der Waals surface area contributed by atoms with Crippen LogP contribution in [-0.4, -0.2) is 15.1 Å². The number of fused-ring (bicyclic) bond motifs is 1. The third-order valence-corrected chi connectivity index (χ3v) is 2.95. The molecule has 2 rings (SSSR count). The molecule has 1 aromatic carbocycles. The fourth-order valence-corrected chi connectivity index (χ4v) is 1.88. The smallest absolute Gasteiger partial charge is 0.123 e. The van der Waals surface area contributed by atoms with Crippen LogP contribution in [0.4, 0.5) is 0 Å². The number of halogens is 1. The third kappa shape index (κ3) is 2.79. The molecule has 0 atom stereocenters. The van der Waals surface area contributed by atoms with E-state index < -0.39 is 0 Å². The number of rotatable bonds is 2. The van der Waals surface area contributed by atoms with Crippen molar-refractivity contribution in [1.82, 2.24) is 14.9 Å². The molecule has 0 spiro atoms. The van der Waals surface area contributed by atoms with E-state index >= 15 is 0 Å². The summed E-state index contributed by atoms with van der Waals surface area (Å²) in [6, 6.07) is 5.78. The lowest BCUT2D eigenvalue weighted by Gasteiger charge is -2.20. The summed E-state index contributed by atoms with van der Waals surface area (Å²) in [4.78, 5) is 4.60. The first-order valence-electron chi connectivity index (χ1n) is 5.73. The Kier molecular flexibility index (Phi) is 3.15. The number of hydrogen-bond donors (Lipinski definition) is 1. The standard InChI is InChI=1S/C13H18ClN3/c1-13(2,3)15-8-12-16-10-6-5-9(14)7-11(10)17(12)4/h5-7,15H,8H2,1-4H3. The molecule has 0 bridgehead atoms. The van der Waals surface area contributed by atoms with Crippen LogP contribution in [0.3, 0.4) is 0 Å². The molecule has 0 saturated heterocycles. The Hall–Kier alpha value is -1.06. The largest absolute Gasteiger partial charge is 0.330 e. The minimum atomic E-state index is 0.0930. The van der Waals surface area contributed by atoms with Gasteiger partial charge < -0.3 is 9.88 Å². The van der Waals surface area contributed by atoms with Gasteiger partial charge in [-0.05, 0) is 39.0 Å². The molecule has 0 aliphatic heterocycles. The Morgan fingerprint density at radius 2 is 2.06 bits per heavy atom. The molecule has 17 heavy (non-hydrogen) atoms. The predicted molar refractivity (Wildman–Crippen MR) is 72.3 cm³/mol. The first kappa shape index (κ1) is 12.4. The summed E-state index contributed by atoms with van der Waals surface area (Å²) in [5.41, 5.74) is 2.15.